The monoisotopic (exact) mass is 407 g/mol. The zero-order valence-electron chi connectivity index (χ0n) is 16.6. The number of fused-ring (bicyclic) bond motifs is 1. The summed E-state index contributed by atoms with van der Waals surface area (Å²) in [5.74, 6) is 0.327. The van der Waals surface area contributed by atoms with Gasteiger partial charge in [-0.25, -0.2) is 4.98 Å². The van der Waals surface area contributed by atoms with Crippen LogP contribution in [-0.4, -0.2) is 54.1 Å². The van der Waals surface area contributed by atoms with E-state index in [0.29, 0.717) is 29.6 Å². The summed E-state index contributed by atoms with van der Waals surface area (Å²) >= 11 is 0. The van der Waals surface area contributed by atoms with Crippen LogP contribution < -0.4 is 14.8 Å². The summed E-state index contributed by atoms with van der Waals surface area (Å²) in [6, 6.07) is 10.6. The Morgan fingerprint density at radius 1 is 1.30 bits per heavy atom. The van der Waals surface area contributed by atoms with E-state index >= 15 is 0 Å². The molecular formula is C22H21N3O5. The van der Waals surface area contributed by atoms with Gasteiger partial charge in [0.1, 0.15) is 17.1 Å². The van der Waals surface area contributed by atoms with Crippen molar-refractivity contribution in [2.24, 2.45) is 11.8 Å². The number of pyridine rings is 1. The number of carbonyl (C=O) groups excluding carboxylic acids is 2. The quantitative estimate of drug-likeness (QED) is 0.765. The lowest BCUT2D eigenvalue weighted by molar-refractivity contribution is -0.134. The third-order valence-electron chi connectivity index (χ3n) is 5.86. The van der Waals surface area contributed by atoms with Gasteiger partial charge in [-0.05, 0) is 18.2 Å². The van der Waals surface area contributed by atoms with Gasteiger partial charge >= 0.3 is 0 Å². The molecule has 8 heteroatoms. The number of nitrogens with zero attached hydrogens (tertiary/aromatic N) is 2. The molecule has 0 aliphatic carbocycles. The van der Waals surface area contributed by atoms with Crippen LogP contribution in [0, 0.1) is 11.8 Å². The summed E-state index contributed by atoms with van der Waals surface area (Å²) < 4.78 is 16.9. The Balaban J connectivity index is 1.28. The number of benzene rings is 1. The van der Waals surface area contributed by atoms with E-state index in [-0.39, 0.29) is 17.9 Å². The summed E-state index contributed by atoms with van der Waals surface area (Å²) in [5, 5.41) is 2.86. The lowest BCUT2D eigenvalue weighted by Crippen LogP contribution is -2.41. The Kier molecular flexibility index (Phi) is 4.25. The fraction of sp³-hybridized carbons (Fsp3) is 0.318. The first kappa shape index (κ1) is 18.6. The van der Waals surface area contributed by atoms with E-state index in [1.54, 1.807) is 43.3 Å². The van der Waals surface area contributed by atoms with Gasteiger partial charge in [0.05, 0.1) is 43.5 Å². The molecular weight excluding hydrogens is 386 g/mol. The largest absolute Gasteiger partial charge is 0.497 e. The Morgan fingerprint density at radius 2 is 2.13 bits per heavy atom. The van der Waals surface area contributed by atoms with E-state index in [1.807, 2.05) is 24.3 Å². The third kappa shape index (κ3) is 2.91. The molecule has 0 unspecified atom stereocenters. The SMILES string of the molecule is COc1cccc(Oc2ccc(NC(=O)[C@H]3[C@@H]4C=C[C@@]5(CN(C)C(=O)[C@@H]35)O4)cn2)c1. The Labute approximate surface area is 173 Å². The van der Waals surface area contributed by atoms with Crippen LogP contribution in [0.4, 0.5) is 5.69 Å². The van der Waals surface area contributed by atoms with Gasteiger partial charge in [-0.2, -0.15) is 0 Å². The molecule has 30 heavy (non-hydrogen) atoms. The van der Waals surface area contributed by atoms with Crippen LogP contribution in [0.5, 0.6) is 17.4 Å². The summed E-state index contributed by atoms with van der Waals surface area (Å²) in [5.41, 5.74) is -0.150. The second kappa shape index (κ2) is 6.84. The average molecular weight is 407 g/mol. The molecule has 154 valence electrons. The van der Waals surface area contributed by atoms with Gasteiger partial charge < -0.3 is 24.4 Å². The van der Waals surface area contributed by atoms with Crippen molar-refractivity contribution in [2.45, 2.75) is 11.7 Å². The van der Waals surface area contributed by atoms with Crippen molar-refractivity contribution in [2.75, 3.05) is 26.0 Å². The molecule has 8 nitrogen and oxygen atoms in total. The number of hydrogen-bond acceptors (Lipinski definition) is 6. The molecule has 4 heterocycles. The maximum Gasteiger partial charge on any atom is 0.231 e. The topological polar surface area (TPSA) is 90.0 Å². The van der Waals surface area contributed by atoms with Crippen LogP contribution in [0.2, 0.25) is 0 Å². The van der Waals surface area contributed by atoms with E-state index < -0.39 is 17.4 Å². The number of hydrogen-bond donors (Lipinski definition) is 1. The number of carbonyl (C=O) groups is 2. The van der Waals surface area contributed by atoms with Crippen molar-refractivity contribution in [1.82, 2.24) is 9.88 Å². The smallest absolute Gasteiger partial charge is 0.231 e. The molecule has 2 aromatic rings. The van der Waals surface area contributed by atoms with E-state index in [4.69, 9.17) is 14.2 Å². The van der Waals surface area contributed by atoms with Crippen molar-refractivity contribution >= 4 is 17.5 Å². The van der Waals surface area contributed by atoms with Gasteiger partial charge in [0, 0.05) is 19.2 Å². The lowest BCUT2D eigenvalue weighted by Gasteiger charge is -2.23. The average Bonchev–Trinajstić information content (AvgIpc) is 3.37. The van der Waals surface area contributed by atoms with Gasteiger partial charge in [0.15, 0.2) is 0 Å². The molecule has 1 spiro atoms. The number of anilines is 1. The van der Waals surface area contributed by atoms with Crippen molar-refractivity contribution in [3.8, 4) is 17.4 Å². The molecule has 4 atom stereocenters. The first-order valence-electron chi connectivity index (χ1n) is 9.70. The minimum atomic E-state index is -0.675. The highest BCUT2D eigenvalue weighted by Crippen LogP contribution is 2.51. The predicted octanol–water partition coefficient (Wildman–Crippen LogP) is 2.23. The van der Waals surface area contributed by atoms with Crippen molar-refractivity contribution in [3.63, 3.8) is 0 Å². The van der Waals surface area contributed by atoms with Crippen LogP contribution >= 0.6 is 0 Å². The summed E-state index contributed by atoms with van der Waals surface area (Å²) in [7, 11) is 3.32. The molecule has 5 rings (SSSR count). The molecule has 2 amide bonds. The lowest BCUT2D eigenvalue weighted by atomic mass is 9.77. The number of nitrogens with one attached hydrogen (secondary N) is 1. The third-order valence-corrected chi connectivity index (χ3v) is 5.86. The molecule has 1 N–H and O–H groups in total. The number of ether oxygens (including phenoxy) is 3. The van der Waals surface area contributed by atoms with Crippen LogP contribution in [-0.2, 0) is 14.3 Å². The molecule has 1 aromatic heterocycles. The normalized spacial score (nSPS) is 28.5. The second-order valence-corrected chi connectivity index (χ2v) is 7.75. The standard InChI is InChI=1S/C22H21N3O5/c1-25-12-22-9-8-16(30-22)18(19(22)21(25)27)20(26)24-13-6-7-17(23-11-13)29-15-5-3-4-14(10-15)28-2/h3-11,16,18-19H,12H2,1-2H3,(H,24,26)/t16-,18-,19+,22-/m0/s1. The Bertz CT molecular complexity index is 1040. The molecule has 1 aromatic carbocycles. The van der Waals surface area contributed by atoms with E-state index in [0.717, 1.165) is 0 Å². The number of likely N-dealkylation sites (tertiary alicyclic amines) is 1. The maximum absolute atomic E-state index is 13.0. The van der Waals surface area contributed by atoms with Gasteiger partial charge in [-0.1, -0.05) is 18.2 Å². The summed E-state index contributed by atoms with van der Waals surface area (Å²) in [6.07, 6.45) is 4.96. The van der Waals surface area contributed by atoms with E-state index in [9.17, 15) is 9.59 Å². The molecule has 3 aliphatic heterocycles. The highest BCUT2D eigenvalue weighted by Gasteiger charge is 2.66. The van der Waals surface area contributed by atoms with E-state index in [1.165, 1.54) is 6.20 Å². The number of rotatable bonds is 5. The van der Waals surface area contributed by atoms with Gasteiger partial charge in [-0.15, -0.1) is 0 Å². The van der Waals surface area contributed by atoms with Gasteiger partial charge in [-0.3, -0.25) is 9.59 Å². The molecule has 2 fully saturated rings. The fourth-order valence-electron chi connectivity index (χ4n) is 4.52. The first-order valence-corrected chi connectivity index (χ1v) is 9.70. The van der Waals surface area contributed by atoms with Crippen molar-refractivity contribution in [3.05, 3.63) is 54.7 Å². The zero-order valence-corrected chi connectivity index (χ0v) is 16.6. The first-order chi connectivity index (χ1) is 14.5. The molecule has 0 saturated carbocycles. The van der Waals surface area contributed by atoms with Crippen molar-refractivity contribution < 1.29 is 23.8 Å². The van der Waals surface area contributed by atoms with Gasteiger partial charge in [0.2, 0.25) is 17.7 Å². The van der Waals surface area contributed by atoms with Crippen LogP contribution in [0.15, 0.2) is 54.7 Å². The Hall–Kier alpha value is -3.39. The highest BCUT2D eigenvalue weighted by molar-refractivity contribution is 5.99. The minimum absolute atomic E-state index is 0.0536. The number of amides is 2. The molecule has 0 radical (unpaired) electrons. The number of methoxy groups -OCH3 is 1. The predicted molar refractivity (Wildman–Crippen MR) is 107 cm³/mol. The van der Waals surface area contributed by atoms with Crippen molar-refractivity contribution in [1.29, 1.82) is 0 Å². The van der Waals surface area contributed by atoms with Crippen LogP contribution in [0.25, 0.3) is 0 Å². The molecule has 3 aliphatic rings. The summed E-state index contributed by atoms with van der Waals surface area (Å²) in [6.45, 7) is 0.477. The second-order valence-electron chi connectivity index (χ2n) is 7.75. The highest BCUT2D eigenvalue weighted by atomic mass is 16.5. The molecule has 2 saturated heterocycles. The Morgan fingerprint density at radius 3 is 2.90 bits per heavy atom. The zero-order chi connectivity index (χ0) is 20.9. The van der Waals surface area contributed by atoms with Crippen LogP contribution in [0.3, 0.4) is 0 Å². The van der Waals surface area contributed by atoms with E-state index in [2.05, 4.69) is 10.3 Å². The summed E-state index contributed by atoms with van der Waals surface area (Å²) in [4.78, 5) is 31.5. The molecule has 2 bridgehead atoms. The number of likely N-dealkylation sites (N-methyl/N-ethyl adjacent to an activating group) is 1. The van der Waals surface area contributed by atoms with Gasteiger partial charge in [0.25, 0.3) is 0 Å². The minimum Gasteiger partial charge on any atom is -0.497 e. The van der Waals surface area contributed by atoms with Crippen LogP contribution in [0.1, 0.15) is 0 Å². The maximum atomic E-state index is 13.0. The number of aromatic nitrogens is 1. The fourth-order valence-corrected chi connectivity index (χ4v) is 4.52.